The van der Waals surface area contributed by atoms with Crippen molar-refractivity contribution in [1.82, 2.24) is 10.2 Å². The van der Waals surface area contributed by atoms with Gasteiger partial charge >= 0.3 is 5.97 Å². The third kappa shape index (κ3) is 6.62. The molecule has 0 aliphatic carbocycles. The fourth-order valence-electron chi connectivity index (χ4n) is 3.10. The van der Waals surface area contributed by atoms with Crippen molar-refractivity contribution < 1.29 is 19.5 Å². The Hall–Kier alpha value is -1.67. The number of hydrogen-bond donors (Lipinski definition) is 4. The lowest BCUT2D eigenvalue weighted by molar-refractivity contribution is -0.149. The lowest BCUT2D eigenvalue weighted by atomic mass is 10.0. The van der Waals surface area contributed by atoms with Crippen LogP contribution in [0.3, 0.4) is 0 Å². The van der Waals surface area contributed by atoms with Gasteiger partial charge in [0.1, 0.15) is 12.1 Å². The highest BCUT2D eigenvalue weighted by Gasteiger charge is 2.38. The van der Waals surface area contributed by atoms with Crippen LogP contribution in [-0.2, 0) is 14.4 Å². The van der Waals surface area contributed by atoms with E-state index in [1.165, 1.54) is 4.90 Å². The molecule has 6 N–H and O–H groups in total. The number of likely N-dealkylation sites (tertiary alicyclic amines) is 1. The number of carboxylic acid groups (broad SMARTS) is 1. The molecule has 0 bridgehead atoms. The molecular formula is C17H32N4O4. The first-order valence-electron chi connectivity index (χ1n) is 9.07. The first kappa shape index (κ1) is 21.4. The van der Waals surface area contributed by atoms with Crippen molar-refractivity contribution in [3.8, 4) is 0 Å². The third-order valence-electron chi connectivity index (χ3n) is 4.45. The van der Waals surface area contributed by atoms with Crippen molar-refractivity contribution in [2.24, 2.45) is 17.4 Å². The number of unbranched alkanes of at least 4 members (excludes halogenated alkanes) is 1. The quantitative estimate of drug-likeness (QED) is 0.408. The number of nitrogens with one attached hydrogen (secondary N) is 1. The Bertz CT molecular complexity index is 470. The zero-order chi connectivity index (χ0) is 19.0. The molecule has 1 saturated heterocycles. The first-order valence-corrected chi connectivity index (χ1v) is 9.07. The van der Waals surface area contributed by atoms with Gasteiger partial charge in [-0.15, -0.1) is 0 Å². The normalized spacial score (nSPS) is 19.7. The van der Waals surface area contributed by atoms with Crippen LogP contribution in [0.4, 0.5) is 0 Å². The number of amides is 2. The molecule has 144 valence electrons. The second-order valence-electron chi connectivity index (χ2n) is 7.11. The molecule has 1 aliphatic heterocycles. The van der Waals surface area contributed by atoms with Crippen LogP contribution >= 0.6 is 0 Å². The van der Waals surface area contributed by atoms with Gasteiger partial charge in [-0.2, -0.15) is 0 Å². The van der Waals surface area contributed by atoms with E-state index in [-0.39, 0.29) is 17.7 Å². The molecule has 1 aliphatic rings. The molecule has 0 radical (unpaired) electrons. The Balaban J connectivity index is 2.74. The minimum absolute atomic E-state index is 0.175. The fourth-order valence-corrected chi connectivity index (χ4v) is 3.10. The Labute approximate surface area is 149 Å². The zero-order valence-electron chi connectivity index (χ0n) is 15.2. The molecule has 3 atom stereocenters. The van der Waals surface area contributed by atoms with Crippen LogP contribution in [0.15, 0.2) is 0 Å². The number of nitrogens with two attached hydrogens (primary N) is 2. The average Bonchev–Trinajstić information content (AvgIpc) is 3.02. The summed E-state index contributed by atoms with van der Waals surface area (Å²) in [7, 11) is 0. The molecule has 1 fully saturated rings. The maximum absolute atomic E-state index is 12.8. The number of hydrogen-bond acceptors (Lipinski definition) is 5. The highest BCUT2D eigenvalue weighted by molar-refractivity contribution is 5.92. The van der Waals surface area contributed by atoms with Crippen molar-refractivity contribution in [2.75, 3.05) is 13.1 Å². The van der Waals surface area contributed by atoms with Gasteiger partial charge in [0.05, 0.1) is 6.04 Å². The fraction of sp³-hybridized carbons (Fsp3) is 0.824. The molecule has 1 rings (SSSR count). The molecule has 0 saturated carbocycles. The molecule has 0 aromatic carbocycles. The second kappa shape index (κ2) is 10.4. The molecule has 8 heteroatoms. The van der Waals surface area contributed by atoms with Crippen molar-refractivity contribution >= 4 is 17.8 Å². The maximum atomic E-state index is 12.8. The lowest BCUT2D eigenvalue weighted by Crippen LogP contribution is -2.54. The van der Waals surface area contributed by atoms with Crippen molar-refractivity contribution in [1.29, 1.82) is 0 Å². The van der Waals surface area contributed by atoms with Crippen LogP contribution in [0, 0.1) is 5.92 Å². The number of nitrogens with zero attached hydrogens (tertiary/aromatic N) is 1. The summed E-state index contributed by atoms with van der Waals surface area (Å²) in [6.45, 7) is 4.86. The Morgan fingerprint density at radius 1 is 1.28 bits per heavy atom. The number of carboxylic acids is 1. The molecule has 2 amide bonds. The predicted octanol–water partition coefficient (Wildman–Crippen LogP) is 0.0492. The Kier molecular flexibility index (Phi) is 8.85. The maximum Gasteiger partial charge on any atom is 0.326 e. The Morgan fingerprint density at radius 3 is 2.52 bits per heavy atom. The second-order valence-corrected chi connectivity index (χ2v) is 7.11. The van der Waals surface area contributed by atoms with Gasteiger partial charge in [-0.05, 0) is 44.6 Å². The highest BCUT2D eigenvalue weighted by Crippen LogP contribution is 2.20. The number of rotatable bonds is 10. The molecular weight excluding hydrogens is 324 g/mol. The minimum atomic E-state index is -1.00. The van der Waals surface area contributed by atoms with E-state index in [2.05, 4.69) is 5.32 Å². The van der Waals surface area contributed by atoms with Gasteiger partial charge in [-0.3, -0.25) is 9.59 Å². The topological polar surface area (TPSA) is 139 Å². The summed E-state index contributed by atoms with van der Waals surface area (Å²) in [5, 5.41) is 12.0. The first-order chi connectivity index (χ1) is 11.8. The molecule has 8 nitrogen and oxygen atoms in total. The summed E-state index contributed by atoms with van der Waals surface area (Å²) in [6, 6.07) is -2.24. The van der Waals surface area contributed by atoms with E-state index in [4.69, 9.17) is 11.5 Å². The van der Waals surface area contributed by atoms with Gasteiger partial charge in [0, 0.05) is 6.54 Å². The van der Waals surface area contributed by atoms with Gasteiger partial charge in [0.2, 0.25) is 11.8 Å². The monoisotopic (exact) mass is 356 g/mol. The van der Waals surface area contributed by atoms with Gasteiger partial charge in [-0.25, -0.2) is 4.79 Å². The van der Waals surface area contributed by atoms with Crippen LogP contribution in [-0.4, -0.2) is 59.0 Å². The van der Waals surface area contributed by atoms with Crippen molar-refractivity contribution in [3.05, 3.63) is 0 Å². The van der Waals surface area contributed by atoms with Gasteiger partial charge in [-0.1, -0.05) is 20.3 Å². The van der Waals surface area contributed by atoms with Crippen LogP contribution in [0.5, 0.6) is 0 Å². The van der Waals surface area contributed by atoms with Crippen LogP contribution in [0.2, 0.25) is 0 Å². The molecule has 0 spiro atoms. The van der Waals surface area contributed by atoms with E-state index in [9.17, 15) is 19.5 Å². The van der Waals surface area contributed by atoms with Gasteiger partial charge in [0.25, 0.3) is 0 Å². The number of aliphatic carboxylic acids is 1. The van der Waals surface area contributed by atoms with E-state index in [1.54, 1.807) is 0 Å². The Morgan fingerprint density at radius 2 is 1.96 bits per heavy atom. The third-order valence-corrected chi connectivity index (χ3v) is 4.45. The SMILES string of the molecule is CC(C)CC(NC(=O)C(N)CCCCN)C(=O)N1CCCC1C(=O)O. The summed E-state index contributed by atoms with van der Waals surface area (Å²) in [5.41, 5.74) is 11.3. The van der Waals surface area contributed by atoms with Crippen LogP contribution < -0.4 is 16.8 Å². The van der Waals surface area contributed by atoms with Crippen LogP contribution in [0.1, 0.15) is 52.4 Å². The van der Waals surface area contributed by atoms with E-state index < -0.39 is 24.1 Å². The lowest BCUT2D eigenvalue weighted by Gasteiger charge is -2.29. The van der Waals surface area contributed by atoms with E-state index in [0.717, 1.165) is 12.8 Å². The molecule has 25 heavy (non-hydrogen) atoms. The summed E-state index contributed by atoms with van der Waals surface area (Å²) >= 11 is 0. The van der Waals surface area contributed by atoms with Crippen molar-refractivity contribution in [2.45, 2.75) is 70.5 Å². The number of carbonyl (C=O) groups is 3. The van der Waals surface area contributed by atoms with Crippen molar-refractivity contribution in [3.63, 3.8) is 0 Å². The summed E-state index contributed by atoms with van der Waals surface area (Å²) in [4.78, 5) is 37.8. The molecule has 0 aromatic rings. The zero-order valence-corrected chi connectivity index (χ0v) is 15.2. The minimum Gasteiger partial charge on any atom is -0.480 e. The van der Waals surface area contributed by atoms with E-state index >= 15 is 0 Å². The summed E-state index contributed by atoms with van der Waals surface area (Å²) < 4.78 is 0. The molecule has 3 unspecified atom stereocenters. The number of carbonyl (C=O) groups excluding carboxylic acids is 2. The molecule has 0 aromatic heterocycles. The van der Waals surface area contributed by atoms with Gasteiger partial charge in [0.15, 0.2) is 0 Å². The summed E-state index contributed by atoms with van der Waals surface area (Å²) in [6.07, 6.45) is 3.60. The van der Waals surface area contributed by atoms with E-state index in [1.807, 2.05) is 13.8 Å². The smallest absolute Gasteiger partial charge is 0.326 e. The average molecular weight is 356 g/mol. The van der Waals surface area contributed by atoms with Crippen LogP contribution in [0.25, 0.3) is 0 Å². The van der Waals surface area contributed by atoms with E-state index in [0.29, 0.717) is 38.8 Å². The standard InChI is InChI=1S/C17H32N4O4/c1-11(2)10-13(20-15(22)12(19)6-3-4-8-18)16(23)21-9-5-7-14(21)17(24)25/h11-14H,3-10,18-19H2,1-2H3,(H,20,22)(H,24,25). The summed E-state index contributed by atoms with van der Waals surface area (Å²) in [5.74, 6) is -1.53. The molecule has 1 heterocycles. The predicted molar refractivity (Wildman–Crippen MR) is 94.6 cm³/mol. The largest absolute Gasteiger partial charge is 0.480 e. The highest BCUT2D eigenvalue weighted by atomic mass is 16.4. The van der Waals surface area contributed by atoms with Gasteiger partial charge < -0.3 is 26.8 Å².